The fourth-order valence-electron chi connectivity index (χ4n) is 1.67. The molecule has 90 valence electrons. The third-order valence-corrected chi connectivity index (χ3v) is 3.97. The lowest BCUT2D eigenvalue weighted by molar-refractivity contribution is 0.893. The Balaban J connectivity index is 2.34. The molecule has 0 saturated carbocycles. The van der Waals surface area contributed by atoms with E-state index in [9.17, 15) is 0 Å². The van der Waals surface area contributed by atoms with Gasteiger partial charge in [-0.1, -0.05) is 23.7 Å². The van der Waals surface area contributed by atoms with Gasteiger partial charge < -0.3 is 10.6 Å². The zero-order valence-corrected chi connectivity index (χ0v) is 11.4. The van der Waals surface area contributed by atoms with E-state index >= 15 is 0 Å². The largest absolute Gasteiger partial charge is 0.378 e. The van der Waals surface area contributed by atoms with Gasteiger partial charge in [-0.2, -0.15) is 0 Å². The molecule has 2 aromatic rings. The zero-order chi connectivity index (χ0) is 12.4. The quantitative estimate of drug-likeness (QED) is 0.921. The average molecular weight is 267 g/mol. The lowest BCUT2D eigenvalue weighted by atomic mass is 10.1. The molecule has 4 heteroatoms. The number of rotatable bonds is 3. The molecule has 17 heavy (non-hydrogen) atoms. The van der Waals surface area contributed by atoms with E-state index in [1.165, 1.54) is 0 Å². The van der Waals surface area contributed by atoms with Gasteiger partial charge in [0.15, 0.2) is 0 Å². The van der Waals surface area contributed by atoms with Crippen LogP contribution < -0.4 is 10.6 Å². The number of hydrogen-bond acceptors (Lipinski definition) is 3. The normalized spacial score (nSPS) is 12.5. The first-order valence-electron chi connectivity index (χ1n) is 5.35. The van der Waals surface area contributed by atoms with E-state index in [4.69, 9.17) is 17.3 Å². The highest BCUT2D eigenvalue weighted by Gasteiger charge is 2.13. The van der Waals surface area contributed by atoms with E-state index < -0.39 is 0 Å². The molecule has 0 aliphatic heterocycles. The van der Waals surface area contributed by atoms with E-state index in [1.807, 2.05) is 54.7 Å². The monoisotopic (exact) mass is 266 g/mol. The maximum Gasteiger partial charge on any atom is 0.0660 e. The highest BCUT2D eigenvalue weighted by Crippen LogP contribution is 2.31. The van der Waals surface area contributed by atoms with Crippen molar-refractivity contribution in [2.45, 2.75) is 6.04 Å². The molecule has 2 rings (SSSR count). The van der Waals surface area contributed by atoms with E-state index in [1.54, 1.807) is 11.3 Å². The standard InChI is InChI=1S/C13H15ClN2S/c1-16(2)9-5-6-10(11(14)8-9)13(15)12-4-3-7-17-12/h3-8,13H,15H2,1-2H3/t13-/m0/s1. The van der Waals surface area contributed by atoms with Crippen LogP contribution in [0.3, 0.4) is 0 Å². The van der Waals surface area contributed by atoms with Gasteiger partial charge in [-0.15, -0.1) is 11.3 Å². The van der Waals surface area contributed by atoms with Crippen LogP contribution in [0.25, 0.3) is 0 Å². The van der Waals surface area contributed by atoms with Crippen LogP contribution in [-0.4, -0.2) is 14.1 Å². The second-order valence-corrected chi connectivity index (χ2v) is 5.48. The SMILES string of the molecule is CN(C)c1ccc([C@H](N)c2cccs2)c(Cl)c1. The summed E-state index contributed by atoms with van der Waals surface area (Å²) < 4.78 is 0. The summed E-state index contributed by atoms with van der Waals surface area (Å²) in [4.78, 5) is 3.15. The summed E-state index contributed by atoms with van der Waals surface area (Å²) in [7, 11) is 3.98. The molecule has 0 aliphatic carbocycles. The molecule has 1 atom stereocenters. The minimum Gasteiger partial charge on any atom is -0.378 e. The predicted octanol–water partition coefficient (Wildman–Crippen LogP) is 3.52. The number of thiophene rings is 1. The first-order chi connectivity index (χ1) is 8.09. The zero-order valence-electron chi connectivity index (χ0n) is 9.85. The predicted molar refractivity (Wildman–Crippen MR) is 76.1 cm³/mol. The molecule has 0 amide bonds. The van der Waals surface area contributed by atoms with Crippen LogP contribution >= 0.6 is 22.9 Å². The molecule has 0 radical (unpaired) electrons. The van der Waals surface area contributed by atoms with Crippen molar-refractivity contribution in [3.05, 3.63) is 51.2 Å². The number of anilines is 1. The van der Waals surface area contributed by atoms with E-state index in [2.05, 4.69) is 0 Å². The Hall–Kier alpha value is -1.03. The topological polar surface area (TPSA) is 29.3 Å². The fourth-order valence-corrected chi connectivity index (χ4v) is 2.71. The lowest BCUT2D eigenvalue weighted by Crippen LogP contribution is -2.12. The number of hydrogen-bond donors (Lipinski definition) is 1. The summed E-state index contributed by atoms with van der Waals surface area (Å²) >= 11 is 7.93. The Morgan fingerprint density at radius 2 is 2.06 bits per heavy atom. The molecule has 0 bridgehead atoms. The van der Waals surface area contributed by atoms with Crippen LogP contribution in [0.4, 0.5) is 5.69 Å². The van der Waals surface area contributed by atoms with Gasteiger partial charge in [-0.05, 0) is 29.1 Å². The molecule has 0 aliphatic rings. The van der Waals surface area contributed by atoms with E-state index in [0.717, 1.165) is 21.2 Å². The van der Waals surface area contributed by atoms with Crippen molar-refractivity contribution in [1.29, 1.82) is 0 Å². The summed E-state index contributed by atoms with van der Waals surface area (Å²) in [6.45, 7) is 0. The Bertz CT molecular complexity index is 494. The minimum absolute atomic E-state index is 0.140. The molecule has 0 fully saturated rings. The molecule has 0 spiro atoms. The number of nitrogens with zero attached hydrogens (tertiary/aromatic N) is 1. The molecule has 0 saturated heterocycles. The van der Waals surface area contributed by atoms with Crippen LogP contribution in [0.5, 0.6) is 0 Å². The lowest BCUT2D eigenvalue weighted by Gasteiger charge is -2.17. The maximum absolute atomic E-state index is 6.28. The molecule has 1 heterocycles. The van der Waals surface area contributed by atoms with Gasteiger partial charge in [0, 0.05) is 29.7 Å². The summed E-state index contributed by atoms with van der Waals surface area (Å²) in [5.41, 5.74) is 8.25. The van der Waals surface area contributed by atoms with E-state index in [-0.39, 0.29) is 6.04 Å². The third-order valence-electron chi connectivity index (χ3n) is 2.69. The number of halogens is 1. The fraction of sp³-hybridized carbons (Fsp3) is 0.231. The minimum atomic E-state index is -0.140. The van der Waals surface area contributed by atoms with Crippen molar-refractivity contribution in [2.75, 3.05) is 19.0 Å². The average Bonchev–Trinajstić information content (AvgIpc) is 2.81. The van der Waals surface area contributed by atoms with Crippen LogP contribution in [-0.2, 0) is 0 Å². The highest BCUT2D eigenvalue weighted by atomic mass is 35.5. The Morgan fingerprint density at radius 3 is 2.59 bits per heavy atom. The molecule has 2 N–H and O–H groups in total. The Kier molecular flexibility index (Phi) is 3.72. The second-order valence-electron chi connectivity index (χ2n) is 4.09. The summed E-state index contributed by atoms with van der Waals surface area (Å²) in [6, 6.07) is 9.88. The molecule has 0 unspecified atom stereocenters. The molecular formula is C13H15ClN2S. The third kappa shape index (κ3) is 2.63. The van der Waals surface area contributed by atoms with Gasteiger partial charge in [-0.3, -0.25) is 0 Å². The number of nitrogens with two attached hydrogens (primary N) is 1. The van der Waals surface area contributed by atoms with Gasteiger partial charge in [0.2, 0.25) is 0 Å². The summed E-state index contributed by atoms with van der Waals surface area (Å²) in [5.74, 6) is 0. The van der Waals surface area contributed by atoms with Gasteiger partial charge in [0.25, 0.3) is 0 Å². The van der Waals surface area contributed by atoms with Crippen LogP contribution in [0, 0.1) is 0 Å². The van der Waals surface area contributed by atoms with Crippen molar-refractivity contribution >= 4 is 28.6 Å². The molecular weight excluding hydrogens is 252 g/mol. The van der Waals surface area contributed by atoms with Gasteiger partial charge in [0.05, 0.1) is 6.04 Å². The maximum atomic E-state index is 6.28. The van der Waals surface area contributed by atoms with Gasteiger partial charge in [0.1, 0.15) is 0 Å². The van der Waals surface area contributed by atoms with Gasteiger partial charge in [-0.25, -0.2) is 0 Å². The smallest absolute Gasteiger partial charge is 0.0660 e. The van der Waals surface area contributed by atoms with Crippen molar-refractivity contribution < 1.29 is 0 Å². The van der Waals surface area contributed by atoms with Crippen LogP contribution in [0.15, 0.2) is 35.7 Å². The molecule has 1 aromatic heterocycles. The Labute approximate surface area is 111 Å². The van der Waals surface area contributed by atoms with Crippen molar-refractivity contribution in [3.8, 4) is 0 Å². The van der Waals surface area contributed by atoms with Crippen molar-refractivity contribution in [2.24, 2.45) is 5.73 Å². The van der Waals surface area contributed by atoms with E-state index in [0.29, 0.717) is 0 Å². The first kappa shape index (κ1) is 12.4. The van der Waals surface area contributed by atoms with Crippen LogP contribution in [0.2, 0.25) is 5.02 Å². The number of benzene rings is 1. The highest BCUT2D eigenvalue weighted by molar-refractivity contribution is 7.10. The van der Waals surface area contributed by atoms with Crippen molar-refractivity contribution in [1.82, 2.24) is 0 Å². The second kappa shape index (κ2) is 5.08. The van der Waals surface area contributed by atoms with Gasteiger partial charge >= 0.3 is 0 Å². The van der Waals surface area contributed by atoms with Crippen molar-refractivity contribution in [3.63, 3.8) is 0 Å². The summed E-state index contributed by atoms with van der Waals surface area (Å²) in [5, 5.41) is 2.74. The van der Waals surface area contributed by atoms with Crippen LogP contribution in [0.1, 0.15) is 16.5 Å². The molecule has 2 nitrogen and oxygen atoms in total. The Morgan fingerprint density at radius 1 is 1.29 bits per heavy atom. The summed E-state index contributed by atoms with van der Waals surface area (Å²) in [6.07, 6.45) is 0. The first-order valence-corrected chi connectivity index (χ1v) is 6.61. The molecule has 1 aromatic carbocycles.